The molecule has 234 valence electrons. The molecule has 0 radical (unpaired) electrons. The molecule has 3 aromatic rings. The van der Waals surface area contributed by atoms with E-state index in [1.807, 2.05) is 63.6 Å². The summed E-state index contributed by atoms with van der Waals surface area (Å²) in [5.74, 6) is -1.15. The van der Waals surface area contributed by atoms with E-state index in [-0.39, 0.29) is 37.2 Å². The molecule has 0 saturated carbocycles. The molecule has 1 unspecified atom stereocenters. The molecule has 1 N–H and O–H groups in total. The quantitative estimate of drug-likeness (QED) is 0.331. The second kappa shape index (κ2) is 12.4. The number of carbonyl (C=O) groups excluding carboxylic acids is 2. The lowest BCUT2D eigenvalue weighted by molar-refractivity contribution is 0.0187. The molecule has 1 aromatic heterocycles. The van der Waals surface area contributed by atoms with E-state index in [9.17, 15) is 19.5 Å². The van der Waals surface area contributed by atoms with Gasteiger partial charge in [0.1, 0.15) is 12.2 Å². The van der Waals surface area contributed by atoms with Crippen LogP contribution in [0.2, 0.25) is 0 Å². The van der Waals surface area contributed by atoms with Crippen molar-refractivity contribution in [2.75, 3.05) is 19.7 Å². The molecule has 2 amide bonds. The van der Waals surface area contributed by atoms with E-state index in [0.29, 0.717) is 24.2 Å². The van der Waals surface area contributed by atoms with E-state index in [2.05, 4.69) is 24.3 Å². The highest BCUT2D eigenvalue weighted by atomic mass is 16.6. The number of aromatic carboxylic acids is 1. The lowest BCUT2D eigenvalue weighted by Crippen LogP contribution is -2.48. The Morgan fingerprint density at radius 3 is 2.16 bits per heavy atom. The Labute approximate surface area is 259 Å². The van der Waals surface area contributed by atoms with E-state index in [4.69, 9.17) is 9.47 Å². The molecular formula is C35H43N3O6. The molecule has 1 atom stereocenters. The Morgan fingerprint density at radius 2 is 1.57 bits per heavy atom. The number of carbonyl (C=O) groups is 3. The van der Waals surface area contributed by atoms with E-state index < -0.39 is 23.8 Å². The second-order valence-electron chi connectivity index (χ2n) is 12.9. The first-order valence-electron chi connectivity index (χ1n) is 15.3. The van der Waals surface area contributed by atoms with Gasteiger partial charge < -0.3 is 24.0 Å². The van der Waals surface area contributed by atoms with Crippen molar-refractivity contribution in [2.45, 2.75) is 78.0 Å². The van der Waals surface area contributed by atoms with Gasteiger partial charge in [-0.3, -0.25) is 4.90 Å². The topological polar surface area (TPSA) is 101 Å². The molecule has 0 spiro atoms. The molecule has 2 aromatic carbocycles. The maximum Gasteiger partial charge on any atom is 0.410 e. The number of likely N-dealkylation sites (tertiary alicyclic amines) is 1. The third kappa shape index (κ3) is 6.18. The number of hydrogen-bond donors (Lipinski definition) is 1. The molecule has 9 heteroatoms. The normalized spacial score (nSPS) is 16.6. The van der Waals surface area contributed by atoms with Crippen LogP contribution >= 0.6 is 0 Å². The summed E-state index contributed by atoms with van der Waals surface area (Å²) in [6.45, 7) is 10.1. The molecule has 2 heterocycles. The van der Waals surface area contributed by atoms with Gasteiger partial charge in [0.25, 0.3) is 0 Å². The number of benzene rings is 2. The molecule has 44 heavy (non-hydrogen) atoms. The number of fused-ring (bicyclic) bond motifs is 3. The molecule has 9 nitrogen and oxygen atoms in total. The van der Waals surface area contributed by atoms with Crippen LogP contribution in [0.1, 0.15) is 84.4 Å². The van der Waals surface area contributed by atoms with Gasteiger partial charge in [-0.05, 0) is 76.1 Å². The highest BCUT2D eigenvalue weighted by Gasteiger charge is 2.36. The predicted octanol–water partition coefficient (Wildman–Crippen LogP) is 6.88. The van der Waals surface area contributed by atoms with Gasteiger partial charge in [0.2, 0.25) is 0 Å². The highest BCUT2D eigenvalue weighted by molar-refractivity contribution is 5.91. The summed E-state index contributed by atoms with van der Waals surface area (Å²) in [4.78, 5) is 42.9. The van der Waals surface area contributed by atoms with Crippen molar-refractivity contribution in [3.05, 3.63) is 82.2 Å². The highest BCUT2D eigenvalue weighted by Crippen LogP contribution is 2.44. The van der Waals surface area contributed by atoms with Crippen molar-refractivity contribution in [3.8, 4) is 11.1 Å². The van der Waals surface area contributed by atoms with Gasteiger partial charge in [-0.1, -0.05) is 48.5 Å². The Balaban J connectivity index is 1.46. The number of nitrogens with zero attached hydrogens (tertiary/aromatic N) is 3. The molecule has 1 fully saturated rings. The zero-order valence-electron chi connectivity index (χ0n) is 26.6. The second-order valence-corrected chi connectivity index (χ2v) is 12.9. The fourth-order valence-electron chi connectivity index (χ4n) is 6.55. The Bertz CT molecular complexity index is 1520. The van der Waals surface area contributed by atoms with Crippen molar-refractivity contribution in [1.29, 1.82) is 0 Å². The summed E-state index contributed by atoms with van der Waals surface area (Å²) in [6.07, 6.45) is 1.28. The van der Waals surface area contributed by atoms with E-state index in [1.165, 1.54) is 0 Å². The predicted molar refractivity (Wildman–Crippen MR) is 168 cm³/mol. The smallest absolute Gasteiger partial charge is 0.410 e. The zero-order chi connectivity index (χ0) is 31.8. The Morgan fingerprint density at radius 1 is 0.955 bits per heavy atom. The zero-order valence-corrected chi connectivity index (χ0v) is 26.6. The van der Waals surface area contributed by atoms with Crippen LogP contribution in [0.25, 0.3) is 11.1 Å². The Hall–Kier alpha value is -4.27. The molecule has 1 saturated heterocycles. The molecule has 2 aliphatic rings. The number of carboxylic acid groups (broad SMARTS) is 1. The summed E-state index contributed by atoms with van der Waals surface area (Å²) in [5.41, 5.74) is 6.00. The van der Waals surface area contributed by atoms with Crippen LogP contribution in [0.4, 0.5) is 9.59 Å². The monoisotopic (exact) mass is 601 g/mol. The molecule has 1 aliphatic heterocycles. The first-order chi connectivity index (χ1) is 20.9. The summed E-state index contributed by atoms with van der Waals surface area (Å²) in [7, 11) is 1.83. The van der Waals surface area contributed by atoms with Crippen molar-refractivity contribution < 1.29 is 29.0 Å². The fraction of sp³-hybridized carbons (Fsp3) is 0.457. The number of amides is 2. The van der Waals surface area contributed by atoms with Gasteiger partial charge in [0.05, 0.1) is 18.2 Å². The summed E-state index contributed by atoms with van der Waals surface area (Å²) < 4.78 is 13.6. The number of carboxylic acids is 1. The minimum atomic E-state index is -1.04. The first kappa shape index (κ1) is 31.2. The minimum Gasteiger partial charge on any atom is -0.478 e. The van der Waals surface area contributed by atoms with Gasteiger partial charge >= 0.3 is 18.2 Å². The maximum atomic E-state index is 14.1. The first-order valence-corrected chi connectivity index (χ1v) is 15.3. The SMILES string of the molecule is Cc1c(CN(C(=O)OCC2c3ccccc3-c3ccccc32)C2CCCCN(C(=O)OC(C)(C)C)C2)c(C(=O)O)c(C)n1C. The van der Waals surface area contributed by atoms with E-state index >= 15 is 0 Å². The van der Waals surface area contributed by atoms with E-state index in [0.717, 1.165) is 40.8 Å². The van der Waals surface area contributed by atoms with E-state index in [1.54, 1.807) is 16.7 Å². The number of ether oxygens (including phenoxy) is 2. The Kier molecular flexibility index (Phi) is 8.77. The molecular weight excluding hydrogens is 558 g/mol. The van der Waals surface area contributed by atoms with Gasteiger partial charge in [0.15, 0.2) is 0 Å². The van der Waals surface area contributed by atoms with Crippen LogP contribution < -0.4 is 0 Å². The van der Waals surface area contributed by atoms with Gasteiger partial charge in [-0.15, -0.1) is 0 Å². The van der Waals surface area contributed by atoms with Crippen molar-refractivity contribution in [1.82, 2.24) is 14.4 Å². The third-order valence-electron chi connectivity index (χ3n) is 8.96. The standard InChI is InChI=1S/C35H43N3O6/c1-22-29(31(32(39)40)23(2)36(22)6)20-38(24-13-11-12-18-37(19-24)33(41)44-35(3,4)5)34(42)43-21-30-27-16-9-7-14-25(27)26-15-8-10-17-28(26)30/h7-10,14-17,24,30H,11-13,18-21H2,1-6H3,(H,39,40). The van der Waals surface area contributed by atoms with Gasteiger partial charge in [-0.25, -0.2) is 14.4 Å². The number of hydrogen-bond acceptors (Lipinski definition) is 5. The minimum absolute atomic E-state index is 0.0542. The van der Waals surface area contributed by atoms with Crippen molar-refractivity contribution in [3.63, 3.8) is 0 Å². The lowest BCUT2D eigenvalue weighted by atomic mass is 9.98. The summed E-state index contributed by atoms with van der Waals surface area (Å²) in [6, 6.07) is 16.0. The lowest BCUT2D eigenvalue weighted by Gasteiger charge is -2.34. The van der Waals surface area contributed by atoms with Gasteiger partial charge in [-0.2, -0.15) is 0 Å². The molecule has 1 aliphatic carbocycles. The average Bonchev–Trinajstić information content (AvgIpc) is 3.24. The fourth-order valence-corrected chi connectivity index (χ4v) is 6.55. The average molecular weight is 602 g/mol. The largest absolute Gasteiger partial charge is 0.478 e. The summed E-state index contributed by atoms with van der Waals surface area (Å²) in [5, 5.41) is 10.1. The van der Waals surface area contributed by atoms with Crippen LogP contribution in [-0.4, -0.2) is 69.0 Å². The number of aromatic nitrogens is 1. The van der Waals surface area contributed by atoms with Crippen LogP contribution in [0.3, 0.4) is 0 Å². The third-order valence-corrected chi connectivity index (χ3v) is 8.96. The van der Waals surface area contributed by atoms with Crippen molar-refractivity contribution in [2.24, 2.45) is 7.05 Å². The van der Waals surface area contributed by atoms with Gasteiger partial charge in [0, 0.05) is 43.0 Å². The van der Waals surface area contributed by atoms with Crippen LogP contribution in [0.5, 0.6) is 0 Å². The molecule has 0 bridgehead atoms. The summed E-state index contributed by atoms with van der Waals surface area (Å²) >= 11 is 0. The maximum absolute atomic E-state index is 14.1. The molecule has 5 rings (SSSR count). The van der Waals surface area contributed by atoms with Crippen LogP contribution in [0, 0.1) is 13.8 Å². The number of rotatable bonds is 6. The van der Waals surface area contributed by atoms with Crippen LogP contribution in [-0.2, 0) is 23.1 Å². The van der Waals surface area contributed by atoms with Crippen molar-refractivity contribution >= 4 is 18.2 Å². The van der Waals surface area contributed by atoms with Crippen LogP contribution in [0.15, 0.2) is 48.5 Å².